The van der Waals surface area contributed by atoms with Crippen molar-refractivity contribution in [3.63, 3.8) is 0 Å². The SMILES string of the molecule is Cc1nc2ccc(-c3ccc4c(c3)CN(c3ncnc5ccc(OCC#N)cc35)CCO4)cc2[nH]1. The average molecular weight is 463 g/mol. The predicted octanol–water partition coefficient (Wildman–Crippen LogP) is 4.78. The Morgan fingerprint density at radius 2 is 1.91 bits per heavy atom. The molecule has 0 unspecified atom stereocenters. The number of aromatic nitrogens is 4. The predicted molar refractivity (Wildman–Crippen MR) is 133 cm³/mol. The first-order chi connectivity index (χ1) is 17.2. The summed E-state index contributed by atoms with van der Waals surface area (Å²) in [7, 11) is 0. The molecule has 2 aromatic heterocycles. The van der Waals surface area contributed by atoms with E-state index in [0.29, 0.717) is 25.4 Å². The second-order valence-electron chi connectivity index (χ2n) is 8.47. The molecule has 5 aromatic rings. The summed E-state index contributed by atoms with van der Waals surface area (Å²) in [5, 5.41) is 9.73. The van der Waals surface area contributed by atoms with Crippen LogP contribution in [0.5, 0.6) is 11.5 Å². The second-order valence-corrected chi connectivity index (χ2v) is 8.47. The molecule has 0 atom stereocenters. The fourth-order valence-electron chi connectivity index (χ4n) is 4.55. The van der Waals surface area contributed by atoms with E-state index in [2.05, 4.69) is 49.1 Å². The maximum atomic E-state index is 8.85. The summed E-state index contributed by atoms with van der Waals surface area (Å²) < 4.78 is 11.6. The Bertz CT molecular complexity index is 1600. The van der Waals surface area contributed by atoms with Gasteiger partial charge in [0.15, 0.2) is 6.61 Å². The van der Waals surface area contributed by atoms with Crippen LogP contribution in [-0.4, -0.2) is 39.7 Å². The van der Waals surface area contributed by atoms with Crippen LogP contribution < -0.4 is 14.4 Å². The highest BCUT2D eigenvalue weighted by Gasteiger charge is 2.20. The molecular weight excluding hydrogens is 440 g/mol. The van der Waals surface area contributed by atoms with Gasteiger partial charge >= 0.3 is 0 Å². The van der Waals surface area contributed by atoms with Crippen molar-refractivity contribution in [2.24, 2.45) is 0 Å². The largest absolute Gasteiger partial charge is 0.491 e. The zero-order valence-corrected chi connectivity index (χ0v) is 19.2. The van der Waals surface area contributed by atoms with Gasteiger partial charge in [-0.2, -0.15) is 5.26 Å². The van der Waals surface area contributed by atoms with E-state index < -0.39 is 0 Å². The topological polar surface area (TPSA) is 100.0 Å². The number of nitrogens with zero attached hydrogens (tertiary/aromatic N) is 5. The van der Waals surface area contributed by atoms with Gasteiger partial charge in [0.2, 0.25) is 0 Å². The van der Waals surface area contributed by atoms with Gasteiger partial charge in [0.25, 0.3) is 0 Å². The van der Waals surface area contributed by atoms with Crippen molar-refractivity contribution in [3.05, 3.63) is 72.3 Å². The van der Waals surface area contributed by atoms with Crippen LogP contribution in [0.25, 0.3) is 33.1 Å². The van der Waals surface area contributed by atoms with Crippen LogP contribution in [0.3, 0.4) is 0 Å². The lowest BCUT2D eigenvalue weighted by molar-refractivity contribution is 0.331. The lowest BCUT2D eigenvalue weighted by atomic mass is 10.0. The van der Waals surface area contributed by atoms with E-state index in [9.17, 15) is 0 Å². The normalized spacial score (nSPS) is 13.2. The van der Waals surface area contributed by atoms with Gasteiger partial charge in [-0.05, 0) is 60.5 Å². The quantitative estimate of drug-likeness (QED) is 0.410. The Morgan fingerprint density at radius 3 is 2.83 bits per heavy atom. The first-order valence-corrected chi connectivity index (χ1v) is 11.4. The first kappa shape index (κ1) is 20.9. The van der Waals surface area contributed by atoms with Crippen molar-refractivity contribution in [3.8, 4) is 28.7 Å². The van der Waals surface area contributed by atoms with Crippen LogP contribution in [0.15, 0.2) is 60.9 Å². The number of fused-ring (bicyclic) bond motifs is 3. The lowest BCUT2D eigenvalue weighted by Crippen LogP contribution is -2.26. The fraction of sp³-hybridized carbons (Fsp3) is 0.185. The maximum Gasteiger partial charge on any atom is 0.174 e. The number of nitriles is 1. The van der Waals surface area contributed by atoms with Gasteiger partial charge in [-0.15, -0.1) is 0 Å². The lowest BCUT2D eigenvalue weighted by Gasteiger charge is -2.22. The molecule has 8 heteroatoms. The minimum absolute atomic E-state index is 0.00779. The molecule has 3 heterocycles. The number of H-pyrrole nitrogens is 1. The van der Waals surface area contributed by atoms with E-state index in [1.807, 2.05) is 43.3 Å². The minimum Gasteiger partial charge on any atom is -0.491 e. The summed E-state index contributed by atoms with van der Waals surface area (Å²) in [4.78, 5) is 19.0. The van der Waals surface area contributed by atoms with Gasteiger partial charge in [0.1, 0.15) is 42.1 Å². The third kappa shape index (κ3) is 3.97. The molecule has 0 spiro atoms. The Kier molecular flexibility index (Phi) is 5.15. The molecule has 0 saturated carbocycles. The highest BCUT2D eigenvalue weighted by Crippen LogP contribution is 2.34. The molecule has 0 aliphatic carbocycles. The van der Waals surface area contributed by atoms with E-state index >= 15 is 0 Å². The Morgan fingerprint density at radius 1 is 1.06 bits per heavy atom. The highest BCUT2D eigenvalue weighted by molar-refractivity contribution is 5.90. The van der Waals surface area contributed by atoms with Crippen LogP contribution in [0.2, 0.25) is 0 Å². The van der Waals surface area contributed by atoms with Gasteiger partial charge in [-0.1, -0.05) is 12.1 Å². The number of anilines is 1. The highest BCUT2D eigenvalue weighted by atomic mass is 16.5. The fourth-order valence-corrected chi connectivity index (χ4v) is 4.55. The average Bonchev–Trinajstić information content (AvgIpc) is 3.12. The summed E-state index contributed by atoms with van der Waals surface area (Å²) in [6, 6.07) is 20.2. The number of aromatic amines is 1. The monoisotopic (exact) mass is 462 g/mol. The van der Waals surface area contributed by atoms with Gasteiger partial charge < -0.3 is 19.4 Å². The molecule has 8 nitrogen and oxygen atoms in total. The number of aryl methyl sites for hydroxylation is 1. The van der Waals surface area contributed by atoms with E-state index in [4.69, 9.17) is 14.7 Å². The Hall–Kier alpha value is -4.64. The van der Waals surface area contributed by atoms with Crippen LogP contribution in [-0.2, 0) is 6.54 Å². The standard InChI is InChI=1S/C27H22N6O2/c1-17-31-24-5-2-19(13-25(24)32-17)18-3-7-26-20(12-18)15-33(9-11-35-26)27-22-14-21(34-10-8-28)4-6-23(22)29-16-30-27/h2-7,12-14,16H,9-11,15H2,1H3,(H,31,32). The van der Waals surface area contributed by atoms with Crippen molar-refractivity contribution in [2.45, 2.75) is 13.5 Å². The smallest absolute Gasteiger partial charge is 0.174 e. The summed E-state index contributed by atoms with van der Waals surface area (Å²) in [6.07, 6.45) is 1.58. The van der Waals surface area contributed by atoms with Crippen molar-refractivity contribution < 1.29 is 9.47 Å². The van der Waals surface area contributed by atoms with E-state index in [-0.39, 0.29) is 6.61 Å². The molecule has 0 amide bonds. The number of imidazole rings is 1. The van der Waals surface area contributed by atoms with Crippen LogP contribution in [0, 0.1) is 18.3 Å². The van der Waals surface area contributed by atoms with E-state index in [0.717, 1.165) is 56.0 Å². The summed E-state index contributed by atoms with van der Waals surface area (Å²) in [6.45, 7) is 3.82. The molecule has 0 bridgehead atoms. The molecule has 6 rings (SSSR count). The minimum atomic E-state index is -0.00779. The zero-order chi connectivity index (χ0) is 23.8. The number of hydrogen-bond acceptors (Lipinski definition) is 7. The zero-order valence-electron chi connectivity index (χ0n) is 19.2. The van der Waals surface area contributed by atoms with E-state index in [1.54, 1.807) is 6.33 Å². The van der Waals surface area contributed by atoms with E-state index in [1.165, 1.54) is 0 Å². The molecule has 172 valence electrons. The summed E-state index contributed by atoms with van der Waals surface area (Å²) in [5.41, 5.74) is 6.12. The summed E-state index contributed by atoms with van der Waals surface area (Å²) in [5.74, 6) is 3.22. The Balaban J connectivity index is 1.37. The van der Waals surface area contributed by atoms with Crippen molar-refractivity contribution in [2.75, 3.05) is 24.7 Å². The molecule has 1 N–H and O–H groups in total. The van der Waals surface area contributed by atoms with Gasteiger partial charge in [-0.25, -0.2) is 15.0 Å². The summed E-state index contributed by atoms with van der Waals surface area (Å²) >= 11 is 0. The van der Waals surface area contributed by atoms with Crippen molar-refractivity contribution in [1.29, 1.82) is 5.26 Å². The number of benzene rings is 3. The van der Waals surface area contributed by atoms with Crippen LogP contribution in [0.1, 0.15) is 11.4 Å². The molecule has 0 radical (unpaired) electrons. The van der Waals surface area contributed by atoms with Crippen LogP contribution >= 0.6 is 0 Å². The third-order valence-corrected chi connectivity index (χ3v) is 6.16. The third-order valence-electron chi connectivity index (χ3n) is 6.16. The molecule has 1 aliphatic heterocycles. The number of rotatable bonds is 4. The van der Waals surface area contributed by atoms with Gasteiger partial charge in [0.05, 0.1) is 23.1 Å². The van der Waals surface area contributed by atoms with Crippen LogP contribution in [0.4, 0.5) is 5.82 Å². The number of hydrogen-bond donors (Lipinski definition) is 1. The molecular formula is C27H22N6O2. The number of ether oxygens (including phenoxy) is 2. The van der Waals surface area contributed by atoms with Crippen molar-refractivity contribution >= 4 is 27.8 Å². The molecule has 35 heavy (non-hydrogen) atoms. The number of nitrogens with one attached hydrogen (secondary N) is 1. The maximum absolute atomic E-state index is 8.85. The molecule has 0 fully saturated rings. The molecule has 1 aliphatic rings. The van der Waals surface area contributed by atoms with Crippen molar-refractivity contribution in [1.82, 2.24) is 19.9 Å². The second kappa shape index (κ2) is 8.61. The molecule has 3 aromatic carbocycles. The Labute approximate surface area is 201 Å². The molecule has 0 saturated heterocycles. The van der Waals surface area contributed by atoms with Gasteiger partial charge in [-0.3, -0.25) is 0 Å². The van der Waals surface area contributed by atoms with Gasteiger partial charge in [0, 0.05) is 17.5 Å². The first-order valence-electron chi connectivity index (χ1n) is 11.4.